The average Bonchev–Trinajstić information content (AvgIpc) is 3.18. The second-order valence-electron chi connectivity index (χ2n) is 7.18. The van der Waals surface area contributed by atoms with Gasteiger partial charge in [-0.15, -0.1) is 0 Å². The molecule has 3 aliphatic carbocycles. The molecule has 1 spiro atoms. The van der Waals surface area contributed by atoms with Gasteiger partial charge in [0.15, 0.2) is 0 Å². The lowest BCUT2D eigenvalue weighted by molar-refractivity contribution is -0.144. The number of hydrogen-bond donors (Lipinski definition) is 1. The second kappa shape index (κ2) is 4.57. The number of rotatable bonds is 2. The Hall–Kier alpha value is -1.95. The minimum absolute atomic E-state index is 0.165. The van der Waals surface area contributed by atoms with Gasteiger partial charge >= 0.3 is 0 Å². The standard InChI is InChI=1S/C18H15BrN2O3/c19-10-3-1-9(2-4-10)15(22)20-21-16(23)13-11-5-6-12(14(13)17(21)24)18(11)7-8-18/h1-6,11-14H,7-8H2,(H,20,22)/t11-,12-,13-,14+/m1/s1. The number of imide groups is 1. The van der Waals surface area contributed by atoms with E-state index in [0.717, 1.165) is 22.3 Å². The SMILES string of the molecule is O=C(NN1C(=O)[C@@H]2[C@H](C1=O)[C@H]1C=C[C@H]2C12CC2)c1ccc(Br)cc1. The highest BCUT2D eigenvalue weighted by atomic mass is 79.9. The van der Waals surface area contributed by atoms with E-state index in [0.29, 0.717) is 5.56 Å². The Labute approximate surface area is 147 Å². The number of benzene rings is 1. The van der Waals surface area contributed by atoms with Crippen LogP contribution in [-0.4, -0.2) is 22.7 Å². The minimum Gasteiger partial charge on any atom is -0.272 e. The van der Waals surface area contributed by atoms with Gasteiger partial charge < -0.3 is 0 Å². The molecule has 4 aliphatic rings. The van der Waals surface area contributed by atoms with Crippen molar-refractivity contribution in [3.63, 3.8) is 0 Å². The number of hydrazine groups is 1. The zero-order valence-electron chi connectivity index (χ0n) is 12.7. The summed E-state index contributed by atoms with van der Waals surface area (Å²) in [5.74, 6) is -1.19. The van der Waals surface area contributed by atoms with Crippen molar-refractivity contribution in [2.45, 2.75) is 12.8 Å². The zero-order chi connectivity index (χ0) is 16.6. The summed E-state index contributed by atoms with van der Waals surface area (Å²) < 4.78 is 0.860. The Morgan fingerprint density at radius 2 is 1.58 bits per heavy atom. The maximum atomic E-state index is 12.8. The fourth-order valence-electron chi connectivity index (χ4n) is 4.96. The number of carbonyl (C=O) groups is 3. The van der Waals surface area contributed by atoms with Gasteiger partial charge in [0.05, 0.1) is 11.8 Å². The third-order valence-electron chi connectivity index (χ3n) is 6.17. The fraction of sp³-hybridized carbons (Fsp3) is 0.389. The van der Waals surface area contributed by atoms with Gasteiger partial charge in [0, 0.05) is 10.0 Å². The highest BCUT2D eigenvalue weighted by Crippen LogP contribution is 2.73. The maximum Gasteiger partial charge on any atom is 0.270 e. The van der Waals surface area contributed by atoms with Gasteiger partial charge in [-0.25, -0.2) is 0 Å². The molecule has 24 heavy (non-hydrogen) atoms. The number of amides is 3. The minimum atomic E-state index is -0.439. The quantitative estimate of drug-likeness (QED) is 0.626. The number of halogens is 1. The number of allylic oxidation sites excluding steroid dienone is 2. The molecule has 1 saturated heterocycles. The van der Waals surface area contributed by atoms with E-state index in [9.17, 15) is 14.4 Å². The second-order valence-corrected chi connectivity index (χ2v) is 8.10. The van der Waals surface area contributed by atoms with Gasteiger partial charge in [0.1, 0.15) is 0 Å². The van der Waals surface area contributed by atoms with Crippen LogP contribution in [-0.2, 0) is 9.59 Å². The molecule has 3 amide bonds. The number of hydrogen-bond acceptors (Lipinski definition) is 3. The fourth-order valence-corrected chi connectivity index (χ4v) is 5.22. The summed E-state index contributed by atoms with van der Waals surface area (Å²) in [4.78, 5) is 37.9. The highest BCUT2D eigenvalue weighted by molar-refractivity contribution is 9.10. The lowest BCUT2D eigenvalue weighted by Gasteiger charge is -2.22. The van der Waals surface area contributed by atoms with Crippen LogP contribution in [0.2, 0.25) is 0 Å². The van der Waals surface area contributed by atoms with Gasteiger partial charge in [0.2, 0.25) is 0 Å². The topological polar surface area (TPSA) is 66.5 Å². The van der Waals surface area contributed by atoms with E-state index >= 15 is 0 Å². The van der Waals surface area contributed by atoms with Crippen LogP contribution in [0.25, 0.3) is 0 Å². The van der Waals surface area contributed by atoms with Crippen molar-refractivity contribution in [2.75, 3.05) is 0 Å². The molecule has 1 aliphatic heterocycles. The van der Waals surface area contributed by atoms with Crippen molar-refractivity contribution in [1.29, 1.82) is 0 Å². The van der Waals surface area contributed by atoms with Crippen molar-refractivity contribution in [3.8, 4) is 0 Å². The molecule has 122 valence electrons. The van der Waals surface area contributed by atoms with Crippen molar-refractivity contribution in [3.05, 3.63) is 46.5 Å². The summed E-state index contributed by atoms with van der Waals surface area (Å²) in [5.41, 5.74) is 3.09. The van der Waals surface area contributed by atoms with E-state index in [1.54, 1.807) is 24.3 Å². The molecule has 2 bridgehead atoms. The maximum absolute atomic E-state index is 12.8. The lowest BCUT2D eigenvalue weighted by Crippen LogP contribution is -2.47. The van der Waals surface area contributed by atoms with Crippen LogP contribution in [0.1, 0.15) is 23.2 Å². The van der Waals surface area contributed by atoms with E-state index in [2.05, 4.69) is 33.5 Å². The summed E-state index contributed by atoms with van der Waals surface area (Å²) in [6.07, 6.45) is 6.44. The molecular formula is C18H15BrN2O3. The van der Waals surface area contributed by atoms with Crippen LogP contribution < -0.4 is 5.43 Å². The Morgan fingerprint density at radius 1 is 1.04 bits per heavy atom. The first-order valence-corrected chi connectivity index (χ1v) is 8.95. The van der Waals surface area contributed by atoms with Crippen LogP contribution in [0.5, 0.6) is 0 Å². The largest absolute Gasteiger partial charge is 0.272 e. The molecule has 0 radical (unpaired) electrons. The smallest absolute Gasteiger partial charge is 0.270 e. The highest BCUT2D eigenvalue weighted by Gasteiger charge is 2.73. The van der Waals surface area contributed by atoms with E-state index in [4.69, 9.17) is 0 Å². The summed E-state index contributed by atoms with van der Waals surface area (Å²) in [6, 6.07) is 6.79. The zero-order valence-corrected chi connectivity index (χ0v) is 14.3. The number of fused-ring (bicyclic) bond motifs is 3. The van der Waals surface area contributed by atoms with Crippen molar-refractivity contribution >= 4 is 33.7 Å². The first-order valence-electron chi connectivity index (χ1n) is 8.16. The van der Waals surface area contributed by atoms with Crippen molar-refractivity contribution in [2.24, 2.45) is 29.1 Å². The average molecular weight is 387 g/mol. The molecule has 3 fully saturated rings. The Bertz CT molecular complexity index is 778. The van der Waals surface area contributed by atoms with E-state index < -0.39 is 5.91 Å². The monoisotopic (exact) mass is 386 g/mol. The first-order chi connectivity index (χ1) is 11.5. The summed E-state index contributed by atoms with van der Waals surface area (Å²) in [5, 5.41) is 0.960. The van der Waals surface area contributed by atoms with E-state index in [1.807, 2.05) is 0 Å². The summed E-state index contributed by atoms with van der Waals surface area (Å²) >= 11 is 3.31. The van der Waals surface area contributed by atoms with Crippen LogP contribution in [0.15, 0.2) is 40.9 Å². The number of carbonyl (C=O) groups excluding carboxylic acids is 3. The molecule has 5 rings (SSSR count). The van der Waals surface area contributed by atoms with E-state index in [-0.39, 0.29) is 40.9 Å². The van der Waals surface area contributed by atoms with Gasteiger partial charge in [-0.05, 0) is 54.4 Å². The van der Waals surface area contributed by atoms with Gasteiger partial charge in [-0.3, -0.25) is 19.8 Å². The van der Waals surface area contributed by atoms with Gasteiger partial charge in [-0.2, -0.15) is 5.01 Å². The third kappa shape index (κ3) is 1.67. The van der Waals surface area contributed by atoms with Crippen LogP contribution in [0.4, 0.5) is 0 Å². The predicted molar refractivity (Wildman–Crippen MR) is 88.2 cm³/mol. The number of nitrogens with one attached hydrogen (secondary N) is 1. The molecule has 1 aromatic carbocycles. The van der Waals surface area contributed by atoms with Crippen molar-refractivity contribution in [1.82, 2.24) is 10.4 Å². The van der Waals surface area contributed by atoms with Crippen LogP contribution in [0.3, 0.4) is 0 Å². The molecule has 5 nitrogen and oxygen atoms in total. The van der Waals surface area contributed by atoms with E-state index in [1.165, 1.54) is 0 Å². The molecular weight excluding hydrogens is 372 g/mol. The van der Waals surface area contributed by atoms with Gasteiger partial charge in [-0.1, -0.05) is 28.1 Å². The summed E-state index contributed by atoms with van der Waals surface area (Å²) in [6.45, 7) is 0. The molecule has 0 aromatic heterocycles. The molecule has 1 N–H and O–H groups in total. The molecule has 4 atom stereocenters. The third-order valence-corrected chi connectivity index (χ3v) is 6.70. The van der Waals surface area contributed by atoms with Gasteiger partial charge in [0.25, 0.3) is 17.7 Å². The molecule has 6 heteroatoms. The molecule has 1 heterocycles. The van der Waals surface area contributed by atoms with Crippen molar-refractivity contribution < 1.29 is 14.4 Å². The molecule has 0 unspecified atom stereocenters. The lowest BCUT2D eigenvalue weighted by atomic mass is 9.85. The normalized spacial score (nSPS) is 34.1. The van der Waals surface area contributed by atoms with Crippen LogP contribution >= 0.6 is 15.9 Å². The summed E-state index contributed by atoms with van der Waals surface area (Å²) in [7, 11) is 0. The number of nitrogens with zero attached hydrogens (tertiary/aromatic N) is 1. The first kappa shape index (κ1) is 14.4. The predicted octanol–water partition coefficient (Wildman–Crippen LogP) is 2.29. The Kier molecular flexibility index (Phi) is 2.74. The molecule has 1 aromatic rings. The Morgan fingerprint density at radius 3 is 2.08 bits per heavy atom. The van der Waals surface area contributed by atoms with Crippen LogP contribution in [0, 0.1) is 29.1 Å². The molecule has 2 saturated carbocycles. The Balaban J connectivity index is 1.39.